The molecule has 174 valence electrons. The predicted octanol–water partition coefficient (Wildman–Crippen LogP) is 7.37. The van der Waals surface area contributed by atoms with Crippen molar-refractivity contribution in [3.8, 4) is 11.3 Å². The Bertz CT molecular complexity index is 1610. The summed E-state index contributed by atoms with van der Waals surface area (Å²) in [5.74, 6) is -0.616. The molecule has 0 unspecified atom stereocenters. The number of hydrogen-bond acceptors (Lipinski definition) is 5. The molecule has 2 aromatic heterocycles. The second-order valence-electron chi connectivity index (χ2n) is 7.99. The molecular formula is C27H18Cl2N2O3S. The monoisotopic (exact) mass is 520 g/mol. The Balaban J connectivity index is 1.36. The van der Waals surface area contributed by atoms with Crippen molar-refractivity contribution in [1.29, 1.82) is 0 Å². The van der Waals surface area contributed by atoms with Gasteiger partial charge in [-0.25, -0.2) is 9.78 Å². The van der Waals surface area contributed by atoms with Crippen molar-refractivity contribution in [1.82, 2.24) is 4.98 Å². The van der Waals surface area contributed by atoms with Crippen LogP contribution in [0.2, 0.25) is 10.0 Å². The quantitative estimate of drug-likeness (QED) is 0.245. The SMILES string of the molecule is Cc1sc(NC(=O)c2cc3cc(Cl)cc(Cl)c3oc2=O)nc1-c1ccc(Cc2ccccc2)cc1. The van der Waals surface area contributed by atoms with Gasteiger partial charge in [-0.1, -0.05) is 77.8 Å². The third kappa shape index (κ3) is 5.00. The summed E-state index contributed by atoms with van der Waals surface area (Å²) < 4.78 is 5.27. The number of thiazole rings is 1. The molecule has 1 N–H and O–H groups in total. The van der Waals surface area contributed by atoms with E-state index in [1.54, 1.807) is 6.07 Å². The number of halogens is 2. The number of hydrogen-bond donors (Lipinski definition) is 1. The Labute approximate surface area is 215 Å². The van der Waals surface area contributed by atoms with Crippen LogP contribution in [0.1, 0.15) is 26.4 Å². The van der Waals surface area contributed by atoms with Gasteiger partial charge < -0.3 is 4.42 Å². The smallest absolute Gasteiger partial charge is 0.349 e. The highest BCUT2D eigenvalue weighted by molar-refractivity contribution is 7.16. The zero-order chi connectivity index (χ0) is 24.5. The molecule has 0 bridgehead atoms. The van der Waals surface area contributed by atoms with E-state index in [4.69, 9.17) is 27.6 Å². The number of nitrogens with zero attached hydrogens (tertiary/aromatic N) is 1. The van der Waals surface area contributed by atoms with Gasteiger partial charge in [-0.15, -0.1) is 11.3 Å². The number of aryl methyl sites for hydroxylation is 1. The van der Waals surface area contributed by atoms with Crippen molar-refractivity contribution in [2.75, 3.05) is 5.32 Å². The van der Waals surface area contributed by atoms with Gasteiger partial charge in [-0.05, 0) is 42.7 Å². The summed E-state index contributed by atoms with van der Waals surface area (Å²) in [7, 11) is 0. The van der Waals surface area contributed by atoms with Gasteiger partial charge >= 0.3 is 5.63 Å². The lowest BCUT2D eigenvalue weighted by molar-refractivity contribution is 0.102. The Morgan fingerprint density at radius 3 is 2.46 bits per heavy atom. The minimum atomic E-state index is -0.790. The molecule has 0 atom stereocenters. The van der Waals surface area contributed by atoms with E-state index in [1.165, 1.54) is 34.6 Å². The van der Waals surface area contributed by atoms with Gasteiger partial charge in [-0.2, -0.15) is 0 Å². The molecule has 0 aliphatic rings. The minimum absolute atomic E-state index is 0.157. The summed E-state index contributed by atoms with van der Waals surface area (Å²) in [5, 5.41) is 4.13. The number of amides is 1. The Kier molecular flexibility index (Phi) is 6.43. The molecule has 5 aromatic rings. The zero-order valence-corrected chi connectivity index (χ0v) is 20.8. The fourth-order valence-corrected chi connectivity index (χ4v) is 5.19. The first kappa shape index (κ1) is 23.3. The van der Waals surface area contributed by atoms with Crippen molar-refractivity contribution >= 4 is 56.5 Å². The Morgan fingerprint density at radius 2 is 1.71 bits per heavy atom. The lowest BCUT2D eigenvalue weighted by atomic mass is 10.0. The number of anilines is 1. The summed E-state index contributed by atoms with van der Waals surface area (Å²) >= 11 is 13.5. The van der Waals surface area contributed by atoms with Crippen LogP contribution < -0.4 is 10.9 Å². The topological polar surface area (TPSA) is 72.2 Å². The first-order valence-electron chi connectivity index (χ1n) is 10.7. The summed E-state index contributed by atoms with van der Waals surface area (Å²) in [6.45, 7) is 1.94. The van der Waals surface area contributed by atoms with Gasteiger partial charge in [0.25, 0.3) is 5.91 Å². The van der Waals surface area contributed by atoms with Crippen LogP contribution in [0.3, 0.4) is 0 Å². The van der Waals surface area contributed by atoms with Crippen molar-refractivity contribution in [2.45, 2.75) is 13.3 Å². The van der Waals surface area contributed by atoms with E-state index >= 15 is 0 Å². The maximum atomic E-state index is 12.9. The average Bonchev–Trinajstić information content (AvgIpc) is 3.20. The molecule has 3 aromatic carbocycles. The molecule has 0 aliphatic heterocycles. The lowest BCUT2D eigenvalue weighted by Gasteiger charge is -2.05. The van der Waals surface area contributed by atoms with Crippen molar-refractivity contribution in [2.24, 2.45) is 0 Å². The average molecular weight is 521 g/mol. The summed E-state index contributed by atoms with van der Waals surface area (Å²) in [6.07, 6.45) is 0.850. The van der Waals surface area contributed by atoms with Crippen LogP contribution in [0.5, 0.6) is 0 Å². The molecule has 1 amide bonds. The fourth-order valence-electron chi connectivity index (χ4n) is 3.81. The number of nitrogens with one attached hydrogen (secondary N) is 1. The lowest BCUT2D eigenvalue weighted by Crippen LogP contribution is -2.20. The van der Waals surface area contributed by atoms with E-state index in [2.05, 4.69) is 34.6 Å². The number of rotatable bonds is 5. The number of fused-ring (bicyclic) bond motifs is 1. The van der Waals surface area contributed by atoms with Gasteiger partial charge in [0.05, 0.1) is 10.7 Å². The van der Waals surface area contributed by atoms with E-state index in [9.17, 15) is 9.59 Å². The normalized spacial score (nSPS) is 11.1. The van der Waals surface area contributed by atoms with Gasteiger partial charge in [-0.3, -0.25) is 10.1 Å². The molecule has 8 heteroatoms. The third-order valence-electron chi connectivity index (χ3n) is 5.49. The highest BCUT2D eigenvalue weighted by Crippen LogP contribution is 2.31. The Hall–Kier alpha value is -3.45. The van der Waals surface area contributed by atoms with E-state index in [1.807, 2.05) is 37.3 Å². The number of benzene rings is 3. The Morgan fingerprint density at radius 1 is 1.00 bits per heavy atom. The van der Waals surface area contributed by atoms with E-state index in [0.29, 0.717) is 15.5 Å². The number of carbonyl (C=O) groups excluding carboxylic acids is 1. The fraction of sp³-hybridized carbons (Fsp3) is 0.0741. The maximum absolute atomic E-state index is 12.9. The molecule has 5 nitrogen and oxygen atoms in total. The van der Waals surface area contributed by atoms with Crippen molar-refractivity contribution in [3.05, 3.63) is 115 Å². The molecule has 0 radical (unpaired) electrons. The van der Waals surface area contributed by atoms with Crippen LogP contribution in [0, 0.1) is 6.92 Å². The second kappa shape index (κ2) is 9.66. The van der Waals surface area contributed by atoms with Gasteiger partial charge in [0.1, 0.15) is 5.56 Å². The third-order valence-corrected chi connectivity index (χ3v) is 6.88. The van der Waals surface area contributed by atoms with Crippen LogP contribution in [-0.4, -0.2) is 10.9 Å². The first-order valence-corrected chi connectivity index (χ1v) is 12.3. The summed E-state index contributed by atoms with van der Waals surface area (Å²) in [6, 6.07) is 23.0. The molecule has 5 rings (SSSR count). The summed E-state index contributed by atoms with van der Waals surface area (Å²) in [5.41, 5.74) is 3.41. The second-order valence-corrected chi connectivity index (χ2v) is 10.0. The maximum Gasteiger partial charge on any atom is 0.349 e. The van der Waals surface area contributed by atoms with Crippen LogP contribution in [0.15, 0.2) is 82.0 Å². The van der Waals surface area contributed by atoms with E-state index in [0.717, 1.165) is 22.6 Å². The van der Waals surface area contributed by atoms with Gasteiger partial charge in [0.2, 0.25) is 0 Å². The van der Waals surface area contributed by atoms with Crippen LogP contribution in [0.25, 0.3) is 22.2 Å². The largest absolute Gasteiger partial charge is 0.421 e. The standard InChI is InChI=1S/C27H18Cl2N2O3S/c1-15-23(18-9-7-17(8-10-18)11-16-5-3-2-4-6-16)30-27(35-15)31-25(32)21-13-19-12-20(28)14-22(29)24(19)34-26(21)33/h2-10,12-14H,11H2,1H3,(H,30,31,32). The first-order chi connectivity index (χ1) is 16.9. The highest BCUT2D eigenvalue weighted by Gasteiger charge is 2.18. The van der Waals surface area contributed by atoms with Crippen LogP contribution in [0.4, 0.5) is 5.13 Å². The zero-order valence-electron chi connectivity index (χ0n) is 18.5. The molecule has 0 spiro atoms. The van der Waals surface area contributed by atoms with Gasteiger partial charge in [0, 0.05) is 20.8 Å². The van der Waals surface area contributed by atoms with Crippen molar-refractivity contribution in [3.63, 3.8) is 0 Å². The minimum Gasteiger partial charge on any atom is -0.421 e. The molecule has 0 saturated carbocycles. The number of carbonyl (C=O) groups is 1. The molecule has 0 fully saturated rings. The molecular weight excluding hydrogens is 503 g/mol. The predicted molar refractivity (Wildman–Crippen MR) is 142 cm³/mol. The van der Waals surface area contributed by atoms with E-state index in [-0.39, 0.29) is 16.2 Å². The molecule has 0 saturated heterocycles. The van der Waals surface area contributed by atoms with Crippen LogP contribution in [-0.2, 0) is 6.42 Å². The van der Waals surface area contributed by atoms with Crippen molar-refractivity contribution < 1.29 is 9.21 Å². The molecule has 2 heterocycles. The number of aromatic nitrogens is 1. The van der Waals surface area contributed by atoms with Gasteiger partial charge in [0.15, 0.2) is 10.7 Å². The van der Waals surface area contributed by atoms with Crippen LogP contribution >= 0.6 is 34.5 Å². The molecule has 35 heavy (non-hydrogen) atoms. The molecule has 0 aliphatic carbocycles. The summed E-state index contributed by atoms with van der Waals surface area (Å²) in [4.78, 5) is 30.8. The highest BCUT2D eigenvalue weighted by atomic mass is 35.5. The van der Waals surface area contributed by atoms with E-state index < -0.39 is 11.5 Å².